The minimum Gasteiger partial charge on any atom is -0.497 e. The molecule has 0 aromatic heterocycles. The first-order valence-corrected chi connectivity index (χ1v) is 17.1. The predicted molar refractivity (Wildman–Crippen MR) is 175 cm³/mol. The summed E-state index contributed by atoms with van der Waals surface area (Å²) in [6.07, 6.45) is 0.938. The molecule has 5 rings (SSSR count). The lowest BCUT2D eigenvalue weighted by atomic mass is 9.71. The van der Waals surface area contributed by atoms with Gasteiger partial charge in [0.15, 0.2) is 5.78 Å². The van der Waals surface area contributed by atoms with Crippen LogP contribution in [0.15, 0.2) is 78.9 Å². The number of nitrogens with one attached hydrogen (secondary N) is 2. The zero-order valence-corrected chi connectivity index (χ0v) is 27.1. The van der Waals surface area contributed by atoms with Crippen molar-refractivity contribution in [1.29, 1.82) is 0 Å². The lowest BCUT2D eigenvalue weighted by Crippen LogP contribution is -2.64. The number of hydrogen-bond donors (Lipinski definition) is 2. The molecule has 2 N–H and O–H groups in total. The highest BCUT2D eigenvalue weighted by Gasteiger charge is 2.52. The fourth-order valence-corrected chi connectivity index (χ4v) is 6.74. The molecule has 2 bridgehead atoms. The molecule has 12 nitrogen and oxygen atoms in total. The van der Waals surface area contributed by atoms with E-state index in [9.17, 15) is 27.6 Å². The third kappa shape index (κ3) is 8.67. The summed E-state index contributed by atoms with van der Waals surface area (Å²) in [6.45, 7) is 0.815. The van der Waals surface area contributed by atoms with Crippen LogP contribution in [0.25, 0.3) is 0 Å². The average Bonchev–Trinajstić information content (AvgIpc) is 3.06. The first-order chi connectivity index (χ1) is 22.4. The van der Waals surface area contributed by atoms with Gasteiger partial charge in [-0.25, -0.2) is 13.2 Å². The molecule has 0 aliphatic carbocycles. The molecule has 3 aromatic carbocycles. The van der Waals surface area contributed by atoms with E-state index in [1.54, 1.807) is 48.4 Å². The fourth-order valence-electron chi connectivity index (χ4n) is 6.18. The SMILES string of the molecule is COc1ccc(C(=O)CCC(=O)N2C[C@H]3CN(C(=O)OCc4ccccc4)C[C@](C(=O)Nc4ccc(NS(C)(=O)=O)cc4)(C3)C2)cc1. The number of fused-ring (bicyclic) bond motifs is 2. The van der Waals surface area contributed by atoms with Crippen LogP contribution in [0.2, 0.25) is 0 Å². The van der Waals surface area contributed by atoms with E-state index in [1.165, 1.54) is 17.0 Å². The van der Waals surface area contributed by atoms with Crippen LogP contribution < -0.4 is 14.8 Å². The van der Waals surface area contributed by atoms with E-state index in [0.717, 1.165) is 11.8 Å². The maximum absolute atomic E-state index is 14.0. The molecule has 248 valence electrons. The van der Waals surface area contributed by atoms with Crippen LogP contribution in [0, 0.1) is 11.3 Å². The second kappa shape index (κ2) is 14.2. The molecule has 0 radical (unpaired) electrons. The Kier molecular flexibility index (Phi) is 10.1. The van der Waals surface area contributed by atoms with Crippen LogP contribution in [0.1, 0.15) is 35.2 Å². The largest absolute Gasteiger partial charge is 0.497 e. The summed E-state index contributed by atoms with van der Waals surface area (Å²) in [7, 11) is -1.93. The Morgan fingerprint density at radius 2 is 1.49 bits per heavy atom. The molecule has 3 aromatic rings. The molecule has 47 heavy (non-hydrogen) atoms. The van der Waals surface area contributed by atoms with Crippen molar-refractivity contribution in [3.63, 3.8) is 0 Å². The number of anilines is 2. The number of hydrogen-bond acceptors (Lipinski definition) is 8. The Labute approximate surface area is 274 Å². The number of rotatable bonds is 11. The molecule has 0 saturated carbocycles. The second-order valence-corrected chi connectivity index (χ2v) is 13.9. The molecule has 2 aliphatic heterocycles. The molecule has 0 spiro atoms. The first-order valence-electron chi connectivity index (χ1n) is 15.2. The topological polar surface area (TPSA) is 151 Å². The van der Waals surface area contributed by atoms with Crippen molar-refractivity contribution in [3.8, 4) is 5.75 Å². The van der Waals surface area contributed by atoms with Crippen LogP contribution in [-0.4, -0.2) is 81.5 Å². The highest BCUT2D eigenvalue weighted by Crippen LogP contribution is 2.40. The van der Waals surface area contributed by atoms with Gasteiger partial charge in [-0.15, -0.1) is 0 Å². The minimum absolute atomic E-state index is 0.0112. The number of nitrogens with zero attached hydrogens (tertiary/aromatic N) is 2. The molecule has 2 fully saturated rings. The van der Waals surface area contributed by atoms with Crippen LogP contribution in [0.5, 0.6) is 5.75 Å². The van der Waals surface area contributed by atoms with Crippen molar-refractivity contribution in [2.45, 2.75) is 25.9 Å². The summed E-state index contributed by atoms with van der Waals surface area (Å²) in [5, 5.41) is 2.91. The molecule has 2 aliphatic rings. The van der Waals surface area contributed by atoms with Crippen molar-refractivity contribution >= 4 is 45.1 Å². The van der Waals surface area contributed by atoms with Crippen LogP contribution >= 0.6 is 0 Å². The van der Waals surface area contributed by atoms with Crippen molar-refractivity contribution in [2.24, 2.45) is 11.3 Å². The van der Waals surface area contributed by atoms with Crippen LogP contribution in [0.3, 0.4) is 0 Å². The Balaban J connectivity index is 1.30. The quantitative estimate of drug-likeness (QED) is 0.291. The third-order valence-corrected chi connectivity index (χ3v) is 8.95. The lowest BCUT2D eigenvalue weighted by molar-refractivity contribution is -0.146. The van der Waals surface area contributed by atoms with Crippen molar-refractivity contribution < 1.29 is 37.1 Å². The number of likely N-dealkylation sites (tertiary alicyclic amines) is 2. The summed E-state index contributed by atoms with van der Waals surface area (Å²) < 4.78 is 36.3. The number of ketones is 1. The third-order valence-electron chi connectivity index (χ3n) is 8.35. The van der Waals surface area contributed by atoms with Gasteiger partial charge in [0.05, 0.1) is 18.8 Å². The Morgan fingerprint density at radius 3 is 2.15 bits per heavy atom. The number of benzene rings is 3. The molecular weight excluding hydrogens is 624 g/mol. The standard InChI is InChI=1S/C34H38N4O8S/c1-45-29-14-8-26(9-15-29)30(39)16-17-31(40)37-19-25-18-34(22-37,23-38(20-25)33(42)46-21-24-6-4-3-5-7-24)32(41)35-27-10-12-28(13-11-27)36-47(2,43)44/h3-15,25,36H,16-23H2,1-2H3,(H,35,41)/t25-,34-/m0/s1. The van der Waals surface area contributed by atoms with E-state index >= 15 is 0 Å². The normalized spacial score (nSPS) is 19.0. The number of carbonyl (C=O) groups excluding carboxylic acids is 4. The van der Waals surface area contributed by atoms with Gasteiger partial charge in [-0.3, -0.25) is 19.1 Å². The Morgan fingerprint density at radius 1 is 0.851 bits per heavy atom. The van der Waals surface area contributed by atoms with E-state index in [0.29, 0.717) is 42.2 Å². The number of Topliss-reactive ketones (excluding diaryl/α,β-unsaturated/α-hetero) is 1. The van der Waals surface area contributed by atoms with E-state index in [4.69, 9.17) is 9.47 Å². The minimum atomic E-state index is -3.47. The molecule has 3 amide bonds. The van der Waals surface area contributed by atoms with Gasteiger partial charge in [-0.1, -0.05) is 30.3 Å². The number of amides is 3. The van der Waals surface area contributed by atoms with Crippen molar-refractivity contribution in [2.75, 3.05) is 49.6 Å². The monoisotopic (exact) mass is 662 g/mol. The predicted octanol–water partition coefficient (Wildman–Crippen LogP) is 4.16. The second-order valence-electron chi connectivity index (χ2n) is 12.1. The van der Waals surface area contributed by atoms with Gasteiger partial charge in [0.2, 0.25) is 21.8 Å². The van der Waals surface area contributed by atoms with Gasteiger partial charge in [-0.2, -0.15) is 0 Å². The zero-order chi connectivity index (χ0) is 33.6. The maximum atomic E-state index is 14.0. The average molecular weight is 663 g/mol. The van der Waals surface area contributed by atoms with Crippen LogP contribution in [-0.2, 0) is 31.0 Å². The highest BCUT2D eigenvalue weighted by molar-refractivity contribution is 7.92. The number of piperidine rings is 2. The molecule has 2 heterocycles. The lowest BCUT2D eigenvalue weighted by Gasteiger charge is -2.51. The maximum Gasteiger partial charge on any atom is 0.410 e. The van der Waals surface area contributed by atoms with Gasteiger partial charge in [0, 0.05) is 56.0 Å². The fraction of sp³-hybridized carbons (Fsp3) is 0.353. The van der Waals surface area contributed by atoms with Crippen molar-refractivity contribution in [3.05, 3.63) is 90.0 Å². The molecular formula is C34H38N4O8S. The van der Waals surface area contributed by atoms with Gasteiger partial charge in [0.1, 0.15) is 12.4 Å². The molecule has 0 unspecified atom stereocenters. The zero-order valence-electron chi connectivity index (χ0n) is 26.3. The highest BCUT2D eigenvalue weighted by atomic mass is 32.2. The van der Waals surface area contributed by atoms with E-state index in [1.807, 2.05) is 30.3 Å². The summed E-state index contributed by atoms with van der Waals surface area (Å²) in [4.78, 5) is 56.7. The Bertz CT molecular complexity index is 1710. The molecule has 13 heteroatoms. The van der Waals surface area contributed by atoms with Gasteiger partial charge >= 0.3 is 6.09 Å². The smallest absolute Gasteiger partial charge is 0.410 e. The van der Waals surface area contributed by atoms with Gasteiger partial charge < -0.3 is 24.6 Å². The van der Waals surface area contributed by atoms with E-state index in [2.05, 4.69) is 10.0 Å². The number of sulfonamides is 1. The summed E-state index contributed by atoms with van der Waals surface area (Å²) in [5.74, 6) is -0.369. The number of methoxy groups -OCH3 is 1. The van der Waals surface area contributed by atoms with Crippen LogP contribution in [0.4, 0.5) is 16.2 Å². The summed E-state index contributed by atoms with van der Waals surface area (Å²) in [6, 6.07) is 22.2. The van der Waals surface area contributed by atoms with Gasteiger partial charge in [-0.05, 0) is 66.4 Å². The Hall–Kier alpha value is -4.91. The summed E-state index contributed by atoms with van der Waals surface area (Å²) >= 11 is 0. The van der Waals surface area contributed by atoms with Gasteiger partial charge in [0.25, 0.3) is 0 Å². The van der Waals surface area contributed by atoms with E-state index < -0.39 is 21.5 Å². The molecule has 2 atom stereocenters. The van der Waals surface area contributed by atoms with Crippen molar-refractivity contribution in [1.82, 2.24) is 9.80 Å². The number of ether oxygens (including phenoxy) is 2. The summed E-state index contributed by atoms with van der Waals surface area (Å²) in [5.41, 5.74) is 0.934. The first kappa shape index (κ1) is 33.5. The molecule has 2 saturated heterocycles. The van der Waals surface area contributed by atoms with E-state index in [-0.39, 0.29) is 56.1 Å². The number of carbonyl (C=O) groups is 4.